The van der Waals surface area contributed by atoms with Crippen molar-refractivity contribution in [3.05, 3.63) is 65.4 Å². The predicted octanol–water partition coefficient (Wildman–Crippen LogP) is 2.42. The fourth-order valence-corrected chi connectivity index (χ4v) is 3.05. The number of carbonyl (C=O) groups is 4. The van der Waals surface area contributed by atoms with Gasteiger partial charge >= 0.3 is 0 Å². The molecule has 3 rings (SSSR count). The molecule has 154 valence electrons. The zero-order valence-electron chi connectivity index (χ0n) is 16.1. The molecule has 30 heavy (non-hydrogen) atoms. The standard InChI is InChI=1S/C22H21N3O5/c23-21(28)19(5-3-9-26)25-22(29)18-8-7-16(10-15(18)13-27)24-12-17-11-14-4-1-2-6-20(14)30-17/h1-2,4,6-11,13,19,24H,3,5,12H2,(H2,23,28)(H,25,29). The number of para-hydroxylation sites is 1. The van der Waals surface area contributed by atoms with E-state index in [1.54, 1.807) is 6.07 Å². The minimum atomic E-state index is -0.993. The number of benzene rings is 2. The molecular weight excluding hydrogens is 386 g/mol. The average molecular weight is 407 g/mol. The minimum absolute atomic E-state index is 0.0824. The van der Waals surface area contributed by atoms with Crippen molar-refractivity contribution in [3.63, 3.8) is 0 Å². The van der Waals surface area contributed by atoms with Gasteiger partial charge < -0.3 is 25.6 Å². The van der Waals surface area contributed by atoms with Gasteiger partial charge in [0.2, 0.25) is 5.91 Å². The third-order valence-electron chi connectivity index (χ3n) is 4.59. The molecule has 0 radical (unpaired) electrons. The Labute approximate surface area is 172 Å². The number of anilines is 1. The number of aldehydes is 2. The zero-order chi connectivity index (χ0) is 21.5. The number of nitrogens with one attached hydrogen (secondary N) is 2. The van der Waals surface area contributed by atoms with Crippen LogP contribution in [0.2, 0.25) is 0 Å². The number of fused-ring (bicyclic) bond motifs is 1. The lowest BCUT2D eigenvalue weighted by molar-refractivity contribution is -0.120. The number of hydrogen-bond donors (Lipinski definition) is 3. The van der Waals surface area contributed by atoms with Gasteiger partial charge in [-0.1, -0.05) is 18.2 Å². The van der Waals surface area contributed by atoms with E-state index in [0.717, 1.165) is 16.7 Å². The van der Waals surface area contributed by atoms with Gasteiger partial charge in [-0.15, -0.1) is 0 Å². The molecule has 0 saturated carbocycles. The molecule has 0 bridgehead atoms. The van der Waals surface area contributed by atoms with Gasteiger partial charge in [0, 0.05) is 28.6 Å². The maximum atomic E-state index is 12.5. The predicted molar refractivity (Wildman–Crippen MR) is 111 cm³/mol. The van der Waals surface area contributed by atoms with E-state index in [4.69, 9.17) is 10.2 Å². The van der Waals surface area contributed by atoms with Gasteiger partial charge in [-0.25, -0.2) is 0 Å². The topological polar surface area (TPSA) is 132 Å². The van der Waals surface area contributed by atoms with E-state index in [9.17, 15) is 19.2 Å². The lowest BCUT2D eigenvalue weighted by Crippen LogP contribution is -2.44. The quantitative estimate of drug-likeness (QED) is 0.442. The second-order valence-electron chi connectivity index (χ2n) is 6.70. The van der Waals surface area contributed by atoms with Crippen LogP contribution in [0, 0.1) is 0 Å². The van der Waals surface area contributed by atoms with E-state index in [1.165, 1.54) is 12.1 Å². The lowest BCUT2D eigenvalue weighted by Gasteiger charge is -2.15. The van der Waals surface area contributed by atoms with Crippen LogP contribution in [0.1, 0.15) is 39.3 Å². The molecule has 1 aromatic heterocycles. The first-order valence-electron chi connectivity index (χ1n) is 9.36. The summed E-state index contributed by atoms with van der Waals surface area (Å²) in [7, 11) is 0. The van der Waals surface area contributed by atoms with Crippen LogP contribution in [0.4, 0.5) is 5.69 Å². The summed E-state index contributed by atoms with van der Waals surface area (Å²) >= 11 is 0. The normalized spacial score (nSPS) is 11.6. The maximum absolute atomic E-state index is 12.5. The molecule has 8 nitrogen and oxygen atoms in total. The number of primary amides is 1. The van der Waals surface area contributed by atoms with Crippen LogP contribution in [-0.4, -0.2) is 30.4 Å². The van der Waals surface area contributed by atoms with Gasteiger partial charge in [0.15, 0.2) is 6.29 Å². The fraction of sp³-hybridized carbons (Fsp3) is 0.182. The molecule has 0 spiro atoms. The van der Waals surface area contributed by atoms with Crippen molar-refractivity contribution >= 4 is 41.0 Å². The van der Waals surface area contributed by atoms with Gasteiger partial charge in [0.1, 0.15) is 23.7 Å². The van der Waals surface area contributed by atoms with Gasteiger partial charge in [0.25, 0.3) is 5.91 Å². The zero-order valence-corrected chi connectivity index (χ0v) is 16.1. The van der Waals surface area contributed by atoms with E-state index in [0.29, 0.717) is 24.8 Å². The summed E-state index contributed by atoms with van der Waals surface area (Å²) in [5.74, 6) is -0.636. The molecule has 0 aliphatic carbocycles. The average Bonchev–Trinajstić information content (AvgIpc) is 3.17. The molecule has 2 aromatic carbocycles. The van der Waals surface area contributed by atoms with Crippen molar-refractivity contribution in [2.24, 2.45) is 5.73 Å². The van der Waals surface area contributed by atoms with Gasteiger partial charge in [0.05, 0.1) is 6.54 Å². The Balaban J connectivity index is 1.70. The first-order valence-corrected chi connectivity index (χ1v) is 9.36. The van der Waals surface area contributed by atoms with Crippen LogP contribution in [0.3, 0.4) is 0 Å². The molecule has 0 saturated heterocycles. The number of amides is 2. The highest BCUT2D eigenvalue weighted by Crippen LogP contribution is 2.21. The van der Waals surface area contributed by atoms with Crippen molar-refractivity contribution in [1.29, 1.82) is 0 Å². The van der Waals surface area contributed by atoms with Crippen molar-refractivity contribution in [2.75, 3.05) is 5.32 Å². The van der Waals surface area contributed by atoms with Crippen molar-refractivity contribution < 1.29 is 23.6 Å². The highest BCUT2D eigenvalue weighted by Gasteiger charge is 2.20. The van der Waals surface area contributed by atoms with E-state index < -0.39 is 17.9 Å². The van der Waals surface area contributed by atoms with Crippen LogP contribution >= 0.6 is 0 Å². The fourth-order valence-electron chi connectivity index (χ4n) is 3.05. The Morgan fingerprint density at radius 3 is 2.60 bits per heavy atom. The van der Waals surface area contributed by atoms with Gasteiger partial charge in [-0.05, 0) is 36.8 Å². The molecule has 1 unspecified atom stereocenters. The molecule has 2 amide bonds. The number of carbonyl (C=O) groups excluding carboxylic acids is 4. The van der Waals surface area contributed by atoms with Crippen molar-refractivity contribution in [3.8, 4) is 0 Å². The molecule has 1 atom stereocenters. The Morgan fingerprint density at radius 2 is 1.90 bits per heavy atom. The third kappa shape index (κ3) is 4.91. The molecule has 0 aliphatic heterocycles. The van der Waals surface area contributed by atoms with Crippen LogP contribution < -0.4 is 16.4 Å². The summed E-state index contributed by atoms with van der Waals surface area (Å²) in [5, 5.41) is 6.61. The molecule has 3 aromatic rings. The van der Waals surface area contributed by atoms with Crippen LogP contribution in [-0.2, 0) is 16.1 Å². The first-order chi connectivity index (χ1) is 14.5. The molecule has 8 heteroatoms. The van der Waals surface area contributed by atoms with E-state index in [1.807, 2.05) is 30.3 Å². The third-order valence-corrected chi connectivity index (χ3v) is 4.59. The number of hydrogen-bond acceptors (Lipinski definition) is 6. The SMILES string of the molecule is NC(=O)C(CCC=O)NC(=O)c1ccc(NCc2cc3ccccc3o2)cc1C=O. The summed E-state index contributed by atoms with van der Waals surface area (Å²) in [6.07, 6.45) is 1.38. The molecule has 0 aliphatic rings. The number of nitrogens with two attached hydrogens (primary N) is 1. The molecule has 1 heterocycles. The number of rotatable bonds is 10. The second kappa shape index (κ2) is 9.51. The molecular formula is C22H21N3O5. The minimum Gasteiger partial charge on any atom is -0.459 e. The van der Waals surface area contributed by atoms with Crippen LogP contribution in [0.25, 0.3) is 11.0 Å². The summed E-state index contributed by atoms with van der Waals surface area (Å²) in [4.78, 5) is 46.0. The van der Waals surface area contributed by atoms with Crippen molar-refractivity contribution in [2.45, 2.75) is 25.4 Å². The monoisotopic (exact) mass is 407 g/mol. The maximum Gasteiger partial charge on any atom is 0.252 e. The summed E-state index contributed by atoms with van der Waals surface area (Å²) in [5.41, 5.74) is 6.94. The summed E-state index contributed by atoms with van der Waals surface area (Å²) < 4.78 is 5.74. The first kappa shape index (κ1) is 20.8. The van der Waals surface area contributed by atoms with Crippen molar-refractivity contribution in [1.82, 2.24) is 5.32 Å². The van der Waals surface area contributed by atoms with Gasteiger partial charge in [-0.2, -0.15) is 0 Å². The van der Waals surface area contributed by atoms with E-state index >= 15 is 0 Å². The van der Waals surface area contributed by atoms with E-state index in [2.05, 4.69) is 10.6 Å². The Hall–Kier alpha value is -3.94. The highest BCUT2D eigenvalue weighted by molar-refractivity contribution is 6.03. The molecule has 0 fully saturated rings. The Bertz CT molecular complexity index is 1060. The second-order valence-corrected chi connectivity index (χ2v) is 6.70. The summed E-state index contributed by atoms with van der Waals surface area (Å²) in [6.45, 7) is 0.397. The molecule has 4 N–H and O–H groups in total. The summed E-state index contributed by atoms with van der Waals surface area (Å²) in [6, 6.07) is 13.3. The Morgan fingerprint density at radius 1 is 1.10 bits per heavy atom. The Kier molecular flexibility index (Phi) is 6.59. The largest absolute Gasteiger partial charge is 0.459 e. The smallest absolute Gasteiger partial charge is 0.252 e. The van der Waals surface area contributed by atoms with Crippen LogP contribution in [0.15, 0.2) is 52.9 Å². The van der Waals surface area contributed by atoms with Crippen LogP contribution in [0.5, 0.6) is 0 Å². The lowest BCUT2D eigenvalue weighted by atomic mass is 10.1. The highest BCUT2D eigenvalue weighted by atomic mass is 16.3. The van der Waals surface area contributed by atoms with Gasteiger partial charge in [-0.3, -0.25) is 14.4 Å². The number of furan rings is 1. The van der Waals surface area contributed by atoms with E-state index in [-0.39, 0.29) is 24.0 Å².